The van der Waals surface area contributed by atoms with Gasteiger partial charge in [0.25, 0.3) is 0 Å². The Morgan fingerprint density at radius 2 is 2.22 bits per heavy atom. The molecule has 1 aromatic rings. The summed E-state index contributed by atoms with van der Waals surface area (Å²) in [7, 11) is 0. The van der Waals surface area contributed by atoms with E-state index in [9.17, 15) is 9.59 Å². The van der Waals surface area contributed by atoms with Gasteiger partial charge in [-0.15, -0.1) is 0 Å². The van der Waals surface area contributed by atoms with Crippen molar-refractivity contribution in [3.63, 3.8) is 0 Å². The van der Waals surface area contributed by atoms with Crippen molar-refractivity contribution >= 4 is 12.0 Å². The van der Waals surface area contributed by atoms with Gasteiger partial charge in [-0.3, -0.25) is 4.79 Å². The number of esters is 1. The number of carbonyl (C=O) groups excluding carboxylic acids is 2. The molecule has 2 rings (SSSR count). The quantitative estimate of drug-likeness (QED) is 0.623. The molecule has 2 atom stereocenters. The summed E-state index contributed by atoms with van der Waals surface area (Å²) in [5, 5.41) is 5.27. The summed E-state index contributed by atoms with van der Waals surface area (Å²) in [4.78, 5) is 24.1. The van der Waals surface area contributed by atoms with Crippen LogP contribution in [0.4, 0.5) is 4.79 Å². The largest absolute Gasteiger partial charge is 0.494 e. The number of urea groups is 1. The van der Waals surface area contributed by atoms with Crippen molar-refractivity contribution < 1.29 is 19.1 Å². The van der Waals surface area contributed by atoms with Gasteiger partial charge in [0.2, 0.25) is 0 Å². The van der Waals surface area contributed by atoms with E-state index in [-0.39, 0.29) is 6.61 Å². The molecule has 1 fully saturated rings. The Morgan fingerprint density at radius 1 is 1.43 bits per heavy atom. The number of benzene rings is 1. The fourth-order valence-corrected chi connectivity index (χ4v) is 2.43. The molecule has 6 nitrogen and oxygen atoms in total. The van der Waals surface area contributed by atoms with Crippen molar-refractivity contribution in [1.29, 1.82) is 0 Å². The van der Waals surface area contributed by atoms with E-state index < -0.39 is 24.0 Å². The molecule has 0 aliphatic carbocycles. The zero-order chi connectivity index (χ0) is 16.8. The second-order valence-corrected chi connectivity index (χ2v) is 5.00. The molecule has 0 spiro atoms. The molecule has 122 valence electrons. The molecule has 1 aliphatic rings. The highest BCUT2D eigenvalue weighted by atomic mass is 16.5. The van der Waals surface area contributed by atoms with E-state index in [0.29, 0.717) is 18.1 Å². The molecule has 1 aliphatic heterocycles. The van der Waals surface area contributed by atoms with Crippen LogP contribution in [-0.4, -0.2) is 25.2 Å². The predicted octanol–water partition coefficient (Wildman–Crippen LogP) is 2.30. The molecule has 2 amide bonds. The number of nitrogens with one attached hydrogen (secondary N) is 2. The molecular formula is C17H20N2O4. The normalized spacial score (nSPS) is 20.2. The van der Waals surface area contributed by atoms with Crippen LogP contribution in [-0.2, 0) is 9.53 Å². The Morgan fingerprint density at radius 3 is 2.91 bits per heavy atom. The van der Waals surface area contributed by atoms with Gasteiger partial charge in [-0.05, 0) is 24.6 Å². The van der Waals surface area contributed by atoms with Crippen LogP contribution in [0.15, 0.2) is 49.2 Å². The maximum absolute atomic E-state index is 12.3. The van der Waals surface area contributed by atoms with E-state index in [2.05, 4.69) is 23.8 Å². The second-order valence-electron chi connectivity index (χ2n) is 5.00. The van der Waals surface area contributed by atoms with E-state index in [1.54, 1.807) is 6.07 Å². The van der Waals surface area contributed by atoms with Gasteiger partial charge in [0.15, 0.2) is 0 Å². The number of hydrogen-bond acceptors (Lipinski definition) is 4. The summed E-state index contributed by atoms with van der Waals surface area (Å²) >= 11 is 0. The highest BCUT2D eigenvalue weighted by molar-refractivity contribution is 5.85. The van der Waals surface area contributed by atoms with E-state index in [1.165, 1.54) is 6.08 Å². The van der Waals surface area contributed by atoms with E-state index in [4.69, 9.17) is 9.47 Å². The third-order valence-electron chi connectivity index (χ3n) is 3.40. The molecular weight excluding hydrogens is 296 g/mol. The van der Waals surface area contributed by atoms with Crippen molar-refractivity contribution in [2.75, 3.05) is 13.2 Å². The van der Waals surface area contributed by atoms with Gasteiger partial charge >= 0.3 is 12.0 Å². The molecule has 0 bridgehead atoms. The average Bonchev–Trinajstić information content (AvgIpc) is 2.52. The molecule has 1 heterocycles. The van der Waals surface area contributed by atoms with Crippen molar-refractivity contribution in [3.05, 3.63) is 54.8 Å². The Hall–Kier alpha value is -2.76. The minimum absolute atomic E-state index is 0.0995. The maximum atomic E-state index is 12.3. The van der Waals surface area contributed by atoms with E-state index in [0.717, 1.165) is 5.56 Å². The number of hydrogen-bond donors (Lipinski definition) is 2. The second kappa shape index (κ2) is 7.49. The van der Waals surface area contributed by atoms with Crippen LogP contribution >= 0.6 is 0 Å². The van der Waals surface area contributed by atoms with Crippen LogP contribution in [0.5, 0.6) is 5.75 Å². The van der Waals surface area contributed by atoms with Gasteiger partial charge in [0.05, 0.1) is 12.6 Å². The lowest BCUT2D eigenvalue weighted by atomic mass is 9.89. The molecule has 1 saturated heterocycles. The summed E-state index contributed by atoms with van der Waals surface area (Å²) in [5.41, 5.74) is 1.04. The fourth-order valence-electron chi connectivity index (χ4n) is 2.43. The number of amides is 2. The highest BCUT2D eigenvalue weighted by Crippen LogP contribution is 2.32. The van der Waals surface area contributed by atoms with Gasteiger partial charge in [0, 0.05) is 5.70 Å². The van der Waals surface area contributed by atoms with Gasteiger partial charge in [-0.2, -0.15) is 0 Å². The summed E-state index contributed by atoms with van der Waals surface area (Å²) in [6.45, 7) is 9.81. The van der Waals surface area contributed by atoms with Crippen LogP contribution < -0.4 is 15.4 Å². The molecule has 0 unspecified atom stereocenters. The molecule has 23 heavy (non-hydrogen) atoms. The van der Waals surface area contributed by atoms with Gasteiger partial charge in [-0.25, -0.2) is 4.79 Å². The van der Waals surface area contributed by atoms with Crippen molar-refractivity contribution in [2.45, 2.75) is 13.0 Å². The lowest BCUT2D eigenvalue weighted by Gasteiger charge is -2.33. The van der Waals surface area contributed by atoms with E-state index in [1.807, 2.05) is 25.1 Å². The third kappa shape index (κ3) is 3.91. The van der Waals surface area contributed by atoms with Gasteiger partial charge in [0.1, 0.15) is 18.3 Å². The molecule has 0 aromatic heterocycles. The van der Waals surface area contributed by atoms with Crippen LogP contribution in [0.2, 0.25) is 0 Å². The fraction of sp³-hybridized carbons (Fsp3) is 0.294. The van der Waals surface area contributed by atoms with Crippen LogP contribution in [0, 0.1) is 5.92 Å². The van der Waals surface area contributed by atoms with Crippen molar-refractivity contribution in [1.82, 2.24) is 10.6 Å². The maximum Gasteiger partial charge on any atom is 0.319 e. The van der Waals surface area contributed by atoms with Crippen molar-refractivity contribution in [2.24, 2.45) is 5.92 Å². The molecule has 2 N–H and O–H groups in total. The molecule has 1 aromatic carbocycles. The Kier molecular flexibility index (Phi) is 5.41. The summed E-state index contributed by atoms with van der Waals surface area (Å²) < 4.78 is 10.6. The zero-order valence-corrected chi connectivity index (χ0v) is 13.0. The first-order chi connectivity index (χ1) is 11.1. The number of carbonyl (C=O) groups is 2. The molecule has 0 saturated carbocycles. The Bertz CT molecular complexity index is 627. The standard InChI is InChI=1S/C17H20N2O4/c1-4-9-23-16(20)14-11(3)18-17(21)19-15(14)12-7-6-8-13(10-12)22-5-2/h4,6-8,10,14-15H,1,3,5,9H2,2H3,(H2,18,19,21)/t14-,15-/m0/s1. The summed E-state index contributed by atoms with van der Waals surface area (Å²) in [5.74, 6) is -0.541. The topological polar surface area (TPSA) is 76.7 Å². The monoisotopic (exact) mass is 316 g/mol. The van der Waals surface area contributed by atoms with Crippen LogP contribution in [0.3, 0.4) is 0 Å². The van der Waals surface area contributed by atoms with Crippen LogP contribution in [0.1, 0.15) is 18.5 Å². The lowest BCUT2D eigenvalue weighted by Crippen LogP contribution is -2.51. The highest BCUT2D eigenvalue weighted by Gasteiger charge is 2.38. The molecule has 6 heteroatoms. The predicted molar refractivity (Wildman–Crippen MR) is 85.8 cm³/mol. The number of ether oxygens (including phenoxy) is 2. The lowest BCUT2D eigenvalue weighted by molar-refractivity contribution is -0.147. The smallest absolute Gasteiger partial charge is 0.319 e. The third-order valence-corrected chi connectivity index (χ3v) is 3.40. The van der Waals surface area contributed by atoms with Crippen LogP contribution in [0.25, 0.3) is 0 Å². The minimum Gasteiger partial charge on any atom is -0.494 e. The average molecular weight is 316 g/mol. The first-order valence-corrected chi connectivity index (χ1v) is 7.33. The zero-order valence-electron chi connectivity index (χ0n) is 13.0. The first kappa shape index (κ1) is 16.6. The van der Waals surface area contributed by atoms with E-state index >= 15 is 0 Å². The Balaban J connectivity index is 2.31. The van der Waals surface area contributed by atoms with Gasteiger partial charge in [-0.1, -0.05) is 31.4 Å². The SMILES string of the molecule is C=CCOC(=O)[C@H]1C(=C)NC(=O)N[C@H]1c1cccc(OCC)c1. The van der Waals surface area contributed by atoms with Gasteiger partial charge < -0.3 is 20.1 Å². The summed E-state index contributed by atoms with van der Waals surface area (Å²) in [6.07, 6.45) is 1.49. The van der Waals surface area contributed by atoms with Crippen molar-refractivity contribution in [3.8, 4) is 5.75 Å². The number of rotatable bonds is 6. The first-order valence-electron chi connectivity index (χ1n) is 7.33. The Labute approximate surface area is 135 Å². The minimum atomic E-state index is -0.732. The molecule has 0 radical (unpaired) electrons. The summed E-state index contributed by atoms with van der Waals surface area (Å²) in [6, 6.07) is 6.25.